The normalized spacial score (nSPS) is 12.6. The van der Waals surface area contributed by atoms with Crippen LogP contribution in [0.4, 0.5) is 0 Å². The van der Waals surface area contributed by atoms with Crippen molar-refractivity contribution in [3.05, 3.63) is 17.3 Å². The van der Waals surface area contributed by atoms with Crippen LogP contribution in [-0.4, -0.2) is 18.1 Å². The smallest absolute Gasteiger partial charge is 0.376 e. The zero-order valence-corrected chi connectivity index (χ0v) is 12.4. The van der Waals surface area contributed by atoms with Crippen LogP contribution in [0.2, 0.25) is 0 Å². The highest BCUT2D eigenvalue weighted by molar-refractivity contribution is 5.87. The van der Waals surface area contributed by atoms with E-state index in [0.717, 1.165) is 0 Å². The van der Waals surface area contributed by atoms with Gasteiger partial charge in [0.1, 0.15) is 0 Å². The monoisotopic (exact) mass is 253 g/mol. The molecule has 0 saturated heterocycles. The van der Waals surface area contributed by atoms with Crippen molar-refractivity contribution < 1.29 is 13.9 Å². The van der Waals surface area contributed by atoms with Gasteiger partial charge in [0.2, 0.25) is 5.76 Å². The van der Waals surface area contributed by atoms with Crippen LogP contribution in [0.25, 0.3) is 0 Å². The van der Waals surface area contributed by atoms with Crippen LogP contribution in [0, 0.1) is 5.41 Å². The first-order chi connectivity index (χ1) is 8.04. The SMILES string of the molecule is COC(=O)c1oc(CC(C)(C)C)nc1C(C)(C)C. The second-order valence-electron chi connectivity index (χ2n) is 6.76. The first kappa shape index (κ1) is 14.7. The number of esters is 1. The van der Waals surface area contributed by atoms with E-state index in [-0.39, 0.29) is 16.6 Å². The Labute approximate surface area is 109 Å². The molecule has 1 heterocycles. The molecule has 0 N–H and O–H groups in total. The van der Waals surface area contributed by atoms with Crippen LogP contribution < -0.4 is 0 Å². The predicted molar refractivity (Wildman–Crippen MR) is 69.7 cm³/mol. The van der Waals surface area contributed by atoms with Gasteiger partial charge in [-0.2, -0.15) is 0 Å². The van der Waals surface area contributed by atoms with Crippen molar-refractivity contribution in [1.82, 2.24) is 4.98 Å². The topological polar surface area (TPSA) is 52.3 Å². The summed E-state index contributed by atoms with van der Waals surface area (Å²) in [6.45, 7) is 12.3. The van der Waals surface area contributed by atoms with E-state index in [0.29, 0.717) is 18.0 Å². The Balaban J connectivity index is 3.20. The number of carbonyl (C=O) groups excluding carboxylic acids is 1. The second kappa shape index (κ2) is 4.75. The summed E-state index contributed by atoms with van der Waals surface area (Å²) in [5.74, 6) is 0.352. The number of carbonyl (C=O) groups is 1. The standard InChI is InChI=1S/C14H23NO3/c1-13(2,3)8-9-15-11(14(4,5)6)10(18-9)12(16)17-7/h8H2,1-7H3. The number of methoxy groups -OCH3 is 1. The van der Waals surface area contributed by atoms with Crippen molar-refractivity contribution in [1.29, 1.82) is 0 Å². The van der Waals surface area contributed by atoms with Gasteiger partial charge in [-0.05, 0) is 5.41 Å². The Morgan fingerprint density at radius 1 is 1.22 bits per heavy atom. The van der Waals surface area contributed by atoms with E-state index in [1.807, 2.05) is 20.8 Å². The van der Waals surface area contributed by atoms with Crippen LogP contribution >= 0.6 is 0 Å². The van der Waals surface area contributed by atoms with Crippen molar-refractivity contribution in [2.75, 3.05) is 7.11 Å². The molecule has 18 heavy (non-hydrogen) atoms. The average molecular weight is 253 g/mol. The first-order valence-electron chi connectivity index (χ1n) is 6.13. The lowest BCUT2D eigenvalue weighted by Gasteiger charge is -2.16. The third-order valence-corrected chi connectivity index (χ3v) is 2.43. The number of hydrogen-bond acceptors (Lipinski definition) is 4. The van der Waals surface area contributed by atoms with E-state index >= 15 is 0 Å². The minimum Gasteiger partial charge on any atom is -0.463 e. The highest BCUT2D eigenvalue weighted by Crippen LogP contribution is 2.29. The molecule has 0 aliphatic rings. The van der Waals surface area contributed by atoms with Gasteiger partial charge in [0, 0.05) is 11.8 Å². The van der Waals surface area contributed by atoms with Gasteiger partial charge < -0.3 is 9.15 Å². The molecule has 0 aliphatic heterocycles. The van der Waals surface area contributed by atoms with Gasteiger partial charge in [0.25, 0.3) is 0 Å². The maximum atomic E-state index is 11.7. The minimum atomic E-state index is -0.465. The van der Waals surface area contributed by atoms with Gasteiger partial charge in [0.15, 0.2) is 5.89 Å². The van der Waals surface area contributed by atoms with Crippen molar-refractivity contribution >= 4 is 5.97 Å². The highest BCUT2D eigenvalue weighted by atomic mass is 16.5. The summed E-state index contributed by atoms with van der Waals surface area (Å²) in [7, 11) is 1.35. The van der Waals surface area contributed by atoms with E-state index in [4.69, 9.17) is 9.15 Å². The van der Waals surface area contributed by atoms with Crippen molar-refractivity contribution in [2.45, 2.75) is 53.4 Å². The summed E-state index contributed by atoms with van der Waals surface area (Å²) >= 11 is 0. The Morgan fingerprint density at radius 3 is 2.17 bits per heavy atom. The Morgan fingerprint density at radius 2 is 1.78 bits per heavy atom. The Hall–Kier alpha value is -1.32. The van der Waals surface area contributed by atoms with Crippen LogP contribution in [0.15, 0.2) is 4.42 Å². The molecule has 0 saturated carbocycles. The van der Waals surface area contributed by atoms with E-state index in [9.17, 15) is 4.79 Å². The molecule has 0 aliphatic carbocycles. The van der Waals surface area contributed by atoms with Crippen LogP contribution in [-0.2, 0) is 16.6 Å². The van der Waals surface area contributed by atoms with E-state index in [1.54, 1.807) is 0 Å². The highest BCUT2D eigenvalue weighted by Gasteiger charge is 2.30. The molecular formula is C14H23NO3. The Kier molecular flexibility index (Phi) is 3.89. The summed E-state index contributed by atoms with van der Waals surface area (Å²) < 4.78 is 10.3. The molecule has 1 aromatic heterocycles. The largest absolute Gasteiger partial charge is 0.463 e. The zero-order chi connectivity index (χ0) is 14.1. The molecule has 102 valence electrons. The number of rotatable bonds is 2. The molecule has 4 heteroatoms. The van der Waals surface area contributed by atoms with Gasteiger partial charge in [-0.1, -0.05) is 41.5 Å². The molecule has 0 atom stereocenters. The summed E-state index contributed by atoms with van der Waals surface area (Å²) in [6, 6.07) is 0. The molecule has 1 aromatic rings. The quantitative estimate of drug-likeness (QED) is 0.758. The summed E-state index contributed by atoms with van der Waals surface area (Å²) in [4.78, 5) is 16.2. The maximum absolute atomic E-state index is 11.7. The van der Waals surface area contributed by atoms with E-state index < -0.39 is 5.97 Å². The third kappa shape index (κ3) is 3.59. The van der Waals surface area contributed by atoms with Crippen LogP contribution in [0.1, 0.15) is 63.7 Å². The van der Waals surface area contributed by atoms with Crippen LogP contribution in [0.5, 0.6) is 0 Å². The van der Waals surface area contributed by atoms with Gasteiger partial charge in [-0.25, -0.2) is 9.78 Å². The molecule has 0 fully saturated rings. The molecule has 0 bridgehead atoms. The fourth-order valence-electron chi connectivity index (χ4n) is 1.63. The summed E-state index contributed by atoms with van der Waals surface area (Å²) in [5, 5.41) is 0. The first-order valence-corrected chi connectivity index (χ1v) is 6.13. The summed E-state index contributed by atoms with van der Waals surface area (Å²) in [6.07, 6.45) is 0.688. The lowest BCUT2D eigenvalue weighted by Crippen LogP contribution is -2.17. The van der Waals surface area contributed by atoms with Gasteiger partial charge in [-0.15, -0.1) is 0 Å². The fourth-order valence-corrected chi connectivity index (χ4v) is 1.63. The molecule has 0 aromatic carbocycles. The number of oxazole rings is 1. The predicted octanol–water partition coefficient (Wildman–Crippen LogP) is 3.35. The lowest BCUT2D eigenvalue weighted by molar-refractivity contribution is 0.0558. The number of hydrogen-bond donors (Lipinski definition) is 0. The maximum Gasteiger partial charge on any atom is 0.376 e. The zero-order valence-electron chi connectivity index (χ0n) is 12.4. The molecule has 0 radical (unpaired) electrons. The molecule has 4 nitrogen and oxygen atoms in total. The Bertz CT molecular complexity index is 433. The van der Waals surface area contributed by atoms with Gasteiger partial charge >= 0.3 is 5.97 Å². The third-order valence-electron chi connectivity index (χ3n) is 2.43. The molecule has 0 spiro atoms. The van der Waals surface area contributed by atoms with Crippen molar-refractivity contribution in [3.63, 3.8) is 0 Å². The van der Waals surface area contributed by atoms with Crippen molar-refractivity contribution in [2.24, 2.45) is 5.41 Å². The van der Waals surface area contributed by atoms with E-state index in [1.165, 1.54) is 7.11 Å². The summed E-state index contributed by atoms with van der Waals surface area (Å²) in [5.41, 5.74) is 0.477. The average Bonchev–Trinajstić information content (AvgIpc) is 2.57. The van der Waals surface area contributed by atoms with Crippen LogP contribution in [0.3, 0.4) is 0 Å². The van der Waals surface area contributed by atoms with E-state index in [2.05, 4.69) is 25.8 Å². The lowest BCUT2D eigenvalue weighted by atomic mass is 9.90. The number of nitrogens with zero attached hydrogens (tertiary/aromatic N) is 1. The van der Waals surface area contributed by atoms with Crippen molar-refractivity contribution in [3.8, 4) is 0 Å². The minimum absolute atomic E-state index is 0.0629. The molecule has 1 rings (SSSR count). The number of ether oxygens (including phenoxy) is 1. The fraction of sp³-hybridized carbons (Fsp3) is 0.714. The number of aromatic nitrogens is 1. The van der Waals surface area contributed by atoms with Gasteiger partial charge in [-0.3, -0.25) is 0 Å². The van der Waals surface area contributed by atoms with Gasteiger partial charge in [0.05, 0.1) is 12.8 Å². The molecular weight excluding hydrogens is 230 g/mol. The second-order valence-corrected chi connectivity index (χ2v) is 6.76. The molecule has 0 amide bonds. The molecule has 0 unspecified atom stereocenters.